The van der Waals surface area contributed by atoms with Gasteiger partial charge in [0.25, 0.3) is 5.91 Å². The topological polar surface area (TPSA) is 79.6 Å². The number of amides is 1. The van der Waals surface area contributed by atoms with Crippen LogP contribution in [0.1, 0.15) is 40.6 Å². The molecule has 158 valence electrons. The Hall–Kier alpha value is -2.64. The minimum atomic E-state index is -3.33. The second kappa shape index (κ2) is 8.62. The maximum Gasteiger partial charge on any atom is 0.287 e. The summed E-state index contributed by atoms with van der Waals surface area (Å²) in [5.41, 5.74) is 2.09. The second-order valence-corrected chi connectivity index (χ2v) is 10.00. The average Bonchev–Trinajstić information content (AvgIpc) is 3.37. The van der Waals surface area contributed by atoms with Gasteiger partial charge in [-0.15, -0.1) is 0 Å². The maximum atomic E-state index is 13.1. The Kier molecular flexibility index (Phi) is 5.92. The number of fused-ring (bicyclic) bond motifs is 1. The minimum absolute atomic E-state index is 0.0698. The standard InChI is InChI=1S/C23H26N2O4S/c1-30(27,28)16-19-18-11-5-6-12-21(18)29-22(19)23(26)24-15-20(25-13-7-8-14-25)17-9-3-2-4-10-17/h2-6,9-12,20H,7-8,13-16H2,1H3,(H,24,26). The molecule has 0 bridgehead atoms. The number of carbonyl (C=O) groups is 1. The number of para-hydroxylation sites is 1. The van der Waals surface area contributed by atoms with Gasteiger partial charge in [0.15, 0.2) is 15.6 Å². The van der Waals surface area contributed by atoms with Crippen LogP contribution in [0.4, 0.5) is 0 Å². The van der Waals surface area contributed by atoms with Crippen molar-refractivity contribution in [2.45, 2.75) is 24.6 Å². The predicted molar refractivity (Wildman–Crippen MR) is 117 cm³/mol. The Balaban J connectivity index is 1.60. The lowest BCUT2D eigenvalue weighted by atomic mass is 10.1. The van der Waals surface area contributed by atoms with E-state index in [4.69, 9.17) is 4.42 Å². The highest BCUT2D eigenvalue weighted by Gasteiger charge is 2.27. The smallest absolute Gasteiger partial charge is 0.287 e. The minimum Gasteiger partial charge on any atom is -0.451 e. The molecule has 3 aromatic rings. The molecule has 4 rings (SSSR count). The number of nitrogens with zero attached hydrogens (tertiary/aromatic N) is 1. The van der Waals surface area contributed by atoms with Crippen LogP contribution < -0.4 is 5.32 Å². The summed E-state index contributed by atoms with van der Waals surface area (Å²) in [7, 11) is -3.33. The zero-order valence-electron chi connectivity index (χ0n) is 17.0. The maximum absolute atomic E-state index is 13.1. The molecule has 1 N–H and O–H groups in total. The molecule has 1 aliphatic heterocycles. The Morgan fingerprint density at radius 3 is 2.43 bits per heavy atom. The first-order valence-corrected chi connectivity index (χ1v) is 12.2. The summed E-state index contributed by atoms with van der Waals surface area (Å²) in [6, 6.07) is 17.3. The van der Waals surface area contributed by atoms with Gasteiger partial charge in [-0.2, -0.15) is 0 Å². The Labute approximate surface area is 176 Å². The van der Waals surface area contributed by atoms with Gasteiger partial charge in [-0.3, -0.25) is 9.69 Å². The molecule has 1 saturated heterocycles. The van der Waals surface area contributed by atoms with Crippen molar-refractivity contribution in [3.05, 3.63) is 71.5 Å². The number of hydrogen-bond acceptors (Lipinski definition) is 5. The third-order valence-corrected chi connectivity index (χ3v) is 6.35. The zero-order chi connectivity index (χ0) is 21.1. The number of nitrogens with one attached hydrogen (secondary N) is 1. The van der Waals surface area contributed by atoms with Gasteiger partial charge in [-0.1, -0.05) is 48.5 Å². The van der Waals surface area contributed by atoms with Gasteiger partial charge < -0.3 is 9.73 Å². The molecular weight excluding hydrogens is 400 g/mol. The normalized spacial score (nSPS) is 16.0. The monoisotopic (exact) mass is 426 g/mol. The zero-order valence-corrected chi connectivity index (χ0v) is 17.8. The van der Waals surface area contributed by atoms with Gasteiger partial charge >= 0.3 is 0 Å². The fraction of sp³-hybridized carbons (Fsp3) is 0.348. The van der Waals surface area contributed by atoms with Gasteiger partial charge in [-0.25, -0.2) is 8.42 Å². The summed E-state index contributed by atoms with van der Waals surface area (Å²) in [5.74, 6) is -0.541. The van der Waals surface area contributed by atoms with Crippen LogP contribution in [-0.4, -0.2) is 45.1 Å². The molecule has 1 amide bonds. The van der Waals surface area contributed by atoms with E-state index in [1.807, 2.05) is 24.3 Å². The highest BCUT2D eigenvalue weighted by Crippen LogP contribution is 2.28. The summed E-state index contributed by atoms with van der Waals surface area (Å²) in [4.78, 5) is 15.4. The summed E-state index contributed by atoms with van der Waals surface area (Å²) >= 11 is 0. The van der Waals surface area contributed by atoms with E-state index in [1.165, 1.54) is 0 Å². The second-order valence-electron chi connectivity index (χ2n) is 7.86. The van der Waals surface area contributed by atoms with Crippen LogP contribution in [-0.2, 0) is 15.6 Å². The van der Waals surface area contributed by atoms with E-state index in [0.29, 0.717) is 23.1 Å². The lowest BCUT2D eigenvalue weighted by molar-refractivity contribution is 0.0911. The van der Waals surface area contributed by atoms with Crippen LogP contribution in [0.3, 0.4) is 0 Å². The van der Waals surface area contributed by atoms with E-state index in [1.54, 1.807) is 18.2 Å². The summed E-state index contributed by atoms with van der Waals surface area (Å²) < 4.78 is 29.7. The molecule has 0 saturated carbocycles. The lowest BCUT2D eigenvalue weighted by Crippen LogP contribution is -2.37. The number of sulfone groups is 1. The third kappa shape index (κ3) is 4.57. The molecule has 1 aliphatic rings. The van der Waals surface area contributed by atoms with Crippen molar-refractivity contribution >= 4 is 26.7 Å². The quantitative estimate of drug-likeness (QED) is 0.625. The van der Waals surface area contributed by atoms with Gasteiger partial charge in [0.05, 0.1) is 11.8 Å². The van der Waals surface area contributed by atoms with Gasteiger partial charge in [0.2, 0.25) is 0 Å². The van der Waals surface area contributed by atoms with Gasteiger partial charge in [0.1, 0.15) is 5.58 Å². The number of carbonyl (C=O) groups excluding carboxylic acids is 1. The van der Waals surface area contributed by atoms with E-state index in [0.717, 1.165) is 37.8 Å². The number of rotatable bonds is 7. The highest BCUT2D eigenvalue weighted by molar-refractivity contribution is 7.89. The Morgan fingerprint density at radius 1 is 1.07 bits per heavy atom. The molecule has 30 heavy (non-hydrogen) atoms. The first-order valence-electron chi connectivity index (χ1n) is 10.2. The molecule has 1 aromatic heterocycles. The number of benzene rings is 2. The van der Waals surface area contributed by atoms with Crippen molar-refractivity contribution in [1.82, 2.24) is 10.2 Å². The van der Waals surface area contributed by atoms with Crippen LogP contribution >= 0.6 is 0 Å². The average molecular weight is 427 g/mol. The molecule has 0 spiro atoms. The van der Waals surface area contributed by atoms with Crippen molar-refractivity contribution in [2.24, 2.45) is 0 Å². The van der Waals surface area contributed by atoms with Crippen LogP contribution in [0.25, 0.3) is 11.0 Å². The molecule has 0 radical (unpaired) electrons. The third-order valence-electron chi connectivity index (χ3n) is 5.53. The van der Waals surface area contributed by atoms with Crippen LogP contribution in [0.15, 0.2) is 59.0 Å². The summed E-state index contributed by atoms with van der Waals surface area (Å²) in [6.07, 6.45) is 3.47. The van der Waals surface area contributed by atoms with E-state index in [-0.39, 0.29) is 23.5 Å². The van der Waals surface area contributed by atoms with Crippen LogP contribution in [0, 0.1) is 0 Å². The lowest BCUT2D eigenvalue weighted by Gasteiger charge is -2.28. The van der Waals surface area contributed by atoms with E-state index < -0.39 is 9.84 Å². The first-order chi connectivity index (χ1) is 14.4. The van der Waals surface area contributed by atoms with Crippen molar-refractivity contribution in [2.75, 3.05) is 25.9 Å². The summed E-state index contributed by atoms with van der Waals surface area (Å²) in [6.45, 7) is 2.43. The van der Waals surface area contributed by atoms with Crippen LogP contribution in [0.5, 0.6) is 0 Å². The number of furan rings is 1. The van der Waals surface area contributed by atoms with Crippen molar-refractivity contribution in [1.29, 1.82) is 0 Å². The Bertz CT molecular complexity index is 1130. The molecule has 1 unspecified atom stereocenters. The molecule has 7 heteroatoms. The number of hydrogen-bond donors (Lipinski definition) is 1. The fourth-order valence-corrected chi connectivity index (χ4v) is 4.95. The molecule has 1 atom stereocenters. The molecular formula is C23H26N2O4S. The Morgan fingerprint density at radius 2 is 1.73 bits per heavy atom. The van der Waals surface area contributed by atoms with Crippen molar-refractivity contribution in [3.63, 3.8) is 0 Å². The fourth-order valence-electron chi connectivity index (χ4n) is 4.14. The molecule has 1 fully saturated rings. The van der Waals surface area contributed by atoms with E-state index in [2.05, 4.69) is 22.3 Å². The van der Waals surface area contributed by atoms with Crippen molar-refractivity contribution in [3.8, 4) is 0 Å². The van der Waals surface area contributed by atoms with E-state index >= 15 is 0 Å². The van der Waals surface area contributed by atoms with Gasteiger partial charge in [-0.05, 0) is 37.6 Å². The van der Waals surface area contributed by atoms with Gasteiger partial charge in [0, 0.05) is 23.8 Å². The predicted octanol–water partition coefficient (Wildman–Crippen LogP) is 3.54. The summed E-state index contributed by atoms with van der Waals surface area (Å²) in [5, 5.41) is 3.65. The molecule has 0 aliphatic carbocycles. The van der Waals surface area contributed by atoms with Crippen LogP contribution in [0.2, 0.25) is 0 Å². The van der Waals surface area contributed by atoms with E-state index in [9.17, 15) is 13.2 Å². The first kappa shape index (κ1) is 20.6. The van der Waals surface area contributed by atoms with Crippen molar-refractivity contribution < 1.29 is 17.6 Å². The molecule has 2 aromatic carbocycles. The number of likely N-dealkylation sites (tertiary alicyclic amines) is 1. The largest absolute Gasteiger partial charge is 0.451 e. The molecule has 2 heterocycles. The highest BCUT2D eigenvalue weighted by atomic mass is 32.2. The molecule has 6 nitrogen and oxygen atoms in total. The SMILES string of the molecule is CS(=O)(=O)Cc1c(C(=O)NCC(c2ccccc2)N2CCCC2)oc2ccccc12.